The Balaban J connectivity index is 1.41. The summed E-state index contributed by atoms with van der Waals surface area (Å²) < 4.78 is 0. The predicted molar refractivity (Wildman–Crippen MR) is 102 cm³/mol. The third-order valence-electron chi connectivity index (χ3n) is 5.02. The van der Waals surface area contributed by atoms with Crippen molar-refractivity contribution in [3.63, 3.8) is 0 Å². The first-order chi connectivity index (χ1) is 13.1. The minimum Gasteiger partial charge on any atom is -0.373 e. The number of rotatable bonds is 5. The molecular weight excluding hydrogens is 342 g/mol. The fourth-order valence-electron chi connectivity index (χ4n) is 3.59. The molecule has 27 heavy (non-hydrogen) atoms. The molecule has 2 saturated heterocycles. The number of carbonyl (C=O) groups excluding carboxylic acids is 3. The molecule has 1 atom stereocenters. The van der Waals surface area contributed by atoms with Gasteiger partial charge in [-0.05, 0) is 36.2 Å². The van der Waals surface area contributed by atoms with Crippen molar-refractivity contribution in [3.05, 3.63) is 60.2 Å². The van der Waals surface area contributed by atoms with E-state index in [0.29, 0.717) is 13.0 Å². The van der Waals surface area contributed by atoms with Gasteiger partial charge in [-0.2, -0.15) is 0 Å². The van der Waals surface area contributed by atoms with Crippen molar-refractivity contribution in [2.24, 2.45) is 0 Å². The van der Waals surface area contributed by atoms with E-state index in [-0.39, 0.29) is 24.1 Å². The monoisotopic (exact) mass is 363 g/mol. The Bertz CT molecular complexity index is 864. The van der Waals surface area contributed by atoms with E-state index in [9.17, 15) is 14.4 Å². The lowest BCUT2D eigenvalue weighted by Gasteiger charge is -2.18. The molecule has 6 nitrogen and oxygen atoms in total. The second-order valence-electron chi connectivity index (χ2n) is 6.90. The zero-order valence-corrected chi connectivity index (χ0v) is 14.9. The lowest BCUT2D eigenvalue weighted by atomic mass is 10.2. The van der Waals surface area contributed by atoms with E-state index in [1.165, 1.54) is 4.90 Å². The zero-order chi connectivity index (χ0) is 18.8. The number of hydrogen-bond acceptors (Lipinski definition) is 4. The van der Waals surface area contributed by atoms with Crippen LogP contribution in [0.15, 0.2) is 54.6 Å². The van der Waals surface area contributed by atoms with Crippen molar-refractivity contribution in [1.82, 2.24) is 4.90 Å². The average molecular weight is 363 g/mol. The topological polar surface area (TPSA) is 69.7 Å². The quantitative estimate of drug-likeness (QED) is 0.829. The summed E-state index contributed by atoms with van der Waals surface area (Å²) >= 11 is 0. The van der Waals surface area contributed by atoms with Crippen LogP contribution in [-0.2, 0) is 20.9 Å². The zero-order valence-electron chi connectivity index (χ0n) is 14.9. The van der Waals surface area contributed by atoms with Gasteiger partial charge in [0.1, 0.15) is 6.04 Å². The fraction of sp³-hybridized carbons (Fsp3) is 0.286. The Morgan fingerprint density at radius 3 is 2.33 bits per heavy atom. The smallest absolute Gasteiger partial charge is 0.252 e. The van der Waals surface area contributed by atoms with Crippen LogP contribution in [0.25, 0.3) is 0 Å². The predicted octanol–water partition coefficient (Wildman–Crippen LogP) is 2.55. The second kappa shape index (κ2) is 7.23. The van der Waals surface area contributed by atoms with Crippen LogP contribution in [0.3, 0.4) is 0 Å². The molecule has 2 aromatic carbocycles. The van der Waals surface area contributed by atoms with Crippen LogP contribution >= 0.6 is 0 Å². The molecule has 3 amide bonds. The van der Waals surface area contributed by atoms with E-state index < -0.39 is 6.04 Å². The molecule has 2 fully saturated rings. The minimum absolute atomic E-state index is 0.142. The van der Waals surface area contributed by atoms with Crippen LogP contribution in [-0.4, -0.2) is 35.2 Å². The number of carbonyl (C=O) groups is 3. The lowest BCUT2D eigenvalue weighted by Crippen LogP contribution is -2.34. The van der Waals surface area contributed by atoms with Crippen LogP contribution in [0.4, 0.5) is 11.4 Å². The van der Waals surface area contributed by atoms with E-state index in [4.69, 9.17) is 0 Å². The van der Waals surface area contributed by atoms with Gasteiger partial charge < -0.3 is 10.2 Å². The van der Waals surface area contributed by atoms with Crippen LogP contribution in [0, 0.1) is 0 Å². The van der Waals surface area contributed by atoms with Crippen LogP contribution in [0.5, 0.6) is 0 Å². The first-order valence-electron chi connectivity index (χ1n) is 9.17. The van der Waals surface area contributed by atoms with Crippen molar-refractivity contribution in [2.45, 2.75) is 31.8 Å². The number of imide groups is 1. The first-order valence-corrected chi connectivity index (χ1v) is 9.17. The largest absolute Gasteiger partial charge is 0.373 e. The van der Waals surface area contributed by atoms with Gasteiger partial charge in [0.25, 0.3) is 5.91 Å². The molecular formula is C21H21N3O3. The molecule has 2 heterocycles. The Morgan fingerprint density at radius 2 is 1.67 bits per heavy atom. The van der Waals surface area contributed by atoms with Gasteiger partial charge in [-0.3, -0.25) is 19.3 Å². The number of nitrogens with zero attached hydrogens (tertiary/aromatic N) is 2. The van der Waals surface area contributed by atoms with Crippen LogP contribution in [0.1, 0.15) is 24.8 Å². The average Bonchev–Trinajstić information content (AvgIpc) is 3.22. The highest BCUT2D eigenvalue weighted by atomic mass is 16.2. The van der Waals surface area contributed by atoms with Gasteiger partial charge >= 0.3 is 0 Å². The van der Waals surface area contributed by atoms with Crippen molar-refractivity contribution in [3.8, 4) is 0 Å². The summed E-state index contributed by atoms with van der Waals surface area (Å²) in [6, 6.07) is 16.4. The Labute approximate surface area is 157 Å². The number of benzene rings is 2. The Hall–Kier alpha value is -3.15. The van der Waals surface area contributed by atoms with Gasteiger partial charge in [-0.1, -0.05) is 30.3 Å². The summed E-state index contributed by atoms with van der Waals surface area (Å²) in [4.78, 5) is 39.8. The molecule has 4 rings (SSSR count). The minimum atomic E-state index is -0.555. The van der Waals surface area contributed by atoms with Gasteiger partial charge in [0, 0.05) is 24.3 Å². The van der Waals surface area contributed by atoms with Gasteiger partial charge in [-0.25, -0.2) is 0 Å². The van der Waals surface area contributed by atoms with E-state index in [0.717, 1.165) is 29.9 Å². The van der Waals surface area contributed by atoms with Crippen LogP contribution in [0.2, 0.25) is 0 Å². The molecule has 0 bridgehead atoms. The Morgan fingerprint density at radius 1 is 0.926 bits per heavy atom. The molecule has 1 N–H and O–H groups in total. The van der Waals surface area contributed by atoms with Gasteiger partial charge in [-0.15, -0.1) is 0 Å². The number of likely N-dealkylation sites (tertiary alicyclic amines) is 1. The number of hydrogen-bond donors (Lipinski definition) is 1. The maximum Gasteiger partial charge on any atom is 0.252 e. The SMILES string of the molecule is O=C1C[C@@H](Nc2ccc(N3CCCC3=O)cc2)C(=O)N1Cc1ccccc1. The highest BCUT2D eigenvalue weighted by Crippen LogP contribution is 2.25. The molecule has 2 aliphatic heterocycles. The highest BCUT2D eigenvalue weighted by molar-refractivity contribution is 6.06. The normalized spacial score (nSPS) is 19.9. The summed E-state index contributed by atoms with van der Waals surface area (Å²) in [5.41, 5.74) is 2.56. The van der Waals surface area contributed by atoms with Crippen molar-refractivity contribution < 1.29 is 14.4 Å². The molecule has 0 spiro atoms. The summed E-state index contributed by atoms with van der Waals surface area (Å²) in [6.45, 7) is 1.04. The number of anilines is 2. The number of amides is 3. The first kappa shape index (κ1) is 17.3. The second-order valence-corrected chi connectivity index (χ2v) is 6.90. The summed E-state index contributed by atoms with van der Waals surface area (Å²) in [5.74, 6) is -0.230. The fourth-order valence-corrected chi connectivity index (χ4v) is 3.59. The molecule has 0 aliphatic carbocycles. The van der Waals surface area contributed by atoms with Crippen molar-refractivity contribution >= 4 is 29.1 Å². The molecule has 2 aliphatic rings. The third kappa shape index (κ3) is 3.56. The van der Waals surface area contributed by atoms with Crippen LogP contribution < -0.4 is 10.2 Å². The van der Waals surface area contributed by atoms with E-state index >= 15 is 0 Å². The maximum absolute atomic E-state index is 12.6. The standard InChI is InChI=1S/C21H21N3O3/c25-19-7-4-12-23(19)17-10-8-16(9-11-17)22-18-13-20(26)24(21(18)27)14-15-5-2-1-3-6-15/h1-3,5-6,8-11,18,22H,4,7,12-14H2/t18-/m1/s1. The molecule has 0 aromatic heterocycles. The van der Waals surface area contributed by atoms with Gasteiger partial charge in [0.15, 0.2) is 0 Å². The van der Waals surface area contributed by atoms with Crippen molar-refractivity contribution in [1.29, 1.82) is 0 Å². The van der Waals surface area contributed by atoms with E-state index in [1.54, 1.807) is 4.90 Å². The molecule has 0 saturated carbocycles. The molecule has 6 heteroatoms. The summed E-state index contributed by atoms with van der Waals surface area (Å²) in [5, 5.41) is 3.15. The molecule has 138 valence electrons. The summed E-state index contributed by atoms with van der Waals surface area (Å²) in [6.07, 6.45) is 1.63. The number of nitrogens with one attached hydrogen (secondary N) is 1. The van der Waals surface area contributed by atoms with Gasteiger partial charge in [0.2, 0.25) is 11.8 Å². The van der Waals surface area contributed by atoms with E-state index in [2.05, 4.69) is 5.32 Å². The summed E-state index contributed by atoms with van der Waals surface area (Å²) in [7, 11) is 0. The third-order valence-corrected chi connectivity index (χ3v) is 5.02. The molecule has 0 radical (unpaired) electrons. The highest BCUT2D eigenvalue weighted by Gasteiger charge is 2.38. The maximum atomic E-state index is 12.6. The lowest BCUT2D eigenvalue weighted by molar-refractivity contribution is -0.139. The van der Waals surface area contributed by atoms with Crippen molar-refractivity contribution in [2.75, 3.05) is 16.8 Å². The molecule has 2 aromatic rings. The molecule has 0 unspecified atom stereocenters. The Kier molecular flexibility index (Phi) is 4.62. The van der Waals surface area contributed by atoms with Gasteiger partial charge in [0.05, 0.1) is 13.0 Å². The van der Waals surface area contributed by atoms with E-state index in [1.807, 2.05) is 54.6 Å².